The first kappa shape index (κ1) is 27.2. The van der Waals surface area contributed by atoms with Gasteiger partial charge in [0.1, 0.15) is 23.2 Å². The Bertz CT molecular complexity index is 1140. The molecule has 2 aromatic rings. The van der Waals surface area contributed by atoms with Crippen molar-refractivity contribution in [1.29, 1.82) is 0 Å². The molecule has 0 radical (unpaired) electrons. The summed E-state index contributed by atoms with van der Waals surface area (Å²) in [5.74, 6) is -3.39. The third-order valence-corrected chi connectivity index (χ3v) is 5.34. The minimum Gasteiger partial charge on any atom is -0.454 e. The van der Waals surface area contributed by atoms with Crippen LogP contribution >= 0.6 is 0 Å². The van der Waals surface area contributed by atoms with Crippen molar-refractivity contribution in [3.8, 4) is 11.5 Å². The van der Waals surface area contributed by atoms with Crippen molar-refractivity contribution < 1.29 is 41.0 Å². The second-order valence-corrected chi connectivity index (χ2v) is 9.56. The highest BCUT2D eigenvalue weighted by molar-refractivity contribution is 5.86. The molecule has 1 aliphatic rings. The Labute approximate surface area is 205 Å². The molecule has 0 bridgehead atoms. The molecular weight excluding hydrogens is 487 g/mol. The van der Waals surface area contributed by atoms with Gasteiger partial charge in [0.25, 0.3) is 0 Å². The molecule has 2 aromatic carbocycles. The van der Waals surface area contributed by atoms with Crippen molar-refractivity contribution in [2.24, 2.45) is 0 Å². The van der Waals surface area contributed by atoms with Gasteiger partial charge in [0.15, 0.2) is 11.6 Å². The summed E-state index contributed by atoms with van der Waals surface area (Å²) in [6.07, 6.45) is -4.29. The Kier molecular flexibility index (Phi) is 7.80. The van der Waals surface area contributed by atoms with Crippen LogP contribution in [0.1, 0.15) is 50.3 Å². The van der Waals surface area contributed by atoms with Crippen LogP contribution in [0.4, 0.5) is 26.7 Å². The van der Waals surface area contributed by atoms with Crippen LogP contribution in [0.5, 0.6) is 11.5 Å². The first-order valence-electron chi connectivity index (χ1n) is 11.3. The van der Waals surface area contributed by atoms with E-state index >= 15 is 0 Å². The number of hydrogen-bond donors (Lipinski definition) is 1. The molecule has 1 heterocycles. The van der Waals surface area contributed by atoms with Crippen molar-refractivity contribution in [1.82, 2.24) is 10.2 Å². The second-order valence-electron chi connectivity index (χ2n) is 9.56. The number of likely N-dealkylation sites (tertiary alicyclic amines) is 1. The number of hydrogen-bond acceptors (Lipinski definition) is 4. The predicted molar refractivity (Wildman–Crippen MR) is 120 cm³/mol. The van der Waals surface area contributed by atoms with E-state index in [-0.39, 0.29) is 23.4 Å². The monoisotopic (exact) mass is 514 g/mol. The Morgan fingerprint density at radius 3 is 2.39 bits per heavy atom. The van der Waals surface area contributed by atoms with Crippen molar-refractivity contribution in [2.45, 2.75) is 64.9 Å². The Morgan fingerprint density at radius 1 is 1.06 bits per heavy atom. The Balaban J connectivity index is 1.69. The van der Waals surface area contributed by atoms with Crippen LogP contribution in [0.2, 0.25) is 0 Å². The summed E-state index contributed by atoms with van der Waals surface area (Å²) in [5.41, 5.74) is -1.69. The lowest BCUT2D eigenvalue weighted by Crippen LogP contribution is -2.47. The minimum atomic E-state index is -4.63. The normalized spacial score (nSPS) is 16.1. The molecule has 11 heteroatoms. The zero-order valence-corrected chi connectivity index (χ0v) is 20.3. The fourth-order valence-electron chi connectivity index (χ4n) is 3.76. The maximum absolute atomic E-state index is 14.6. The van der Waals surface area contributed by atoms with Crippen molar-refractivity contribution in [3.05, 3.63) is 58.7 Å². The summed E-state index contributed by atoms with van der Waals surface area (Å²) in [5, 5.41) is 2.50. The number of halogens is 5. The summed E-state index contributed by atoms with van der Waals surface area (Å²) >= 11 is 0. The highest BCUT2D eigenvalue weighted by Gasteiger charge is 2.36. The third kappa shape index (κ3) is 6.86. The first-order valence-corrected chi connectivity index (χ1v) is 11.3. The summed E-state index contributed by atoms with van der Waals surface area (Å²) in [7, 11) is 0. The molecule has 36 heavy (non-hydrogen) atoms. The summed E-state index contributed by atoms with van der Waals surface area (Å²) in [4.78, 5) is 26.3. The van der Waals surface area contributed by atoms with Gasteiger partial charge in [-0.25, -0.2) is 13.6 Å². The van der Waals surface area contributed by atoms with Crippen molar-refractivity contribution in [2.75, 3.05) is 6.54 Å². The van der Waals surface area contributed by atoms with E-state index in [2.05, 4.69) is 5.32 Å². The Morgan fingerprint density at radius 2 is 1.75 bits per heavy atom. The molecule has 3 rings (SSSR count). The van der Waals surface area contributed by atoms with Crippen molar-refractivity contribution in [3.63, 3.8) is 0 Å². The van der Waals surface area contributed by atoms with Gasteiger partial charge in [0.2, 0.25) is 5.91 Å². The van der Waals surface area contributed by atoms with E-state index in [1.807, 2.05) is 0 Å². The van der Waals surface area contributed by atoms with Gasteiger partial charge < -0.3 is 14.8 Å². The molecule has 1 atom stereocenters. The van der Waals surface area contributed by atoms with E-state index in [1.54, 1.807) is 20.8 Å². The molecule has 1 fully saturated rings. The van der Waals surface area contributed by atoms with Gasteiger partial charge in [0, 0.05) is 24.7 Å². The fourth-order valence-corrected chi connectivity index (χ4v) is 3.76. The molecule has 0 aromatic heterocycles. The quantitative estimate of drug-likeness (QED) is 0.490. The lowest BCUT2D eigenvalue weighted by Gasteiger charge is -2.28. The first-order chi connectivity index (χ1) is 16.6. The standard InChI is InChI=1S/C25H27F5N2O4/c1-14-8-16(25(28,29)30)11-17(9-14)35-21-12-18(26)15(10-19(21)27)13-31-22(33)20-6-5-7-32(20)23(34)36-24(2,3)4/h8-12,20H,5-7,13H2,1-4H3,(H,31,33)/t20-/m0/s1. The van der Waals surface area contributed by atoms with Gasteiger partial charge in [0.05, 0.1) is 5.56 Å². The minimum absolute atomic E-state index is 0.199. The topological polar surface area (TPSA) is 67.9 Å². The zero-order chi connectivity index (χ0) is 26.8. The maximum Gasteiger partial charge on any atom is 0.416 e. The van der Waals surface area contributed by atoms with Gasteiger partial charge in [-0.15, -0.1) is 0 Å². The number of rotatable bonds is 5. The number of nitrogens with zero attached hydrogens (tertiary/aromatic N) is 1. The predicted octanol–water partition coefficient (Wildman–Crippen LogP) is 6.10. The summed E-state index contributed by atoms with van der Waals surface area (Å²) < 4.78 is 78.8. The number of amides is 2. The summed E-state index contributed by atoms with van der Waals surface area (Å²) in [6, 6.07) is 3.55. The van der Waals surface area contributed by atoms with Gasteiger partial charge in [-0.3, -0.25) is 9.69 Å². The molecule has 196 valence electrons. The fraction of sp³-hybridized carbons (Fsp3) is 0.440. The molecule has 2 amide bonds. The van der Waals surface area contributed by atoms with Gasteiger partial charge in [-0.05, 0) is 70.4 Å². The van der Waals surface area contributed by atoms with Crippen LogP contribution in [0.15, 0.2) is 30.3 Å². The largest absolute Gasteiger partial charge is 0.454 e. The lowest BCUT2D eigenvalue weighted by atomic mass is 10.1. The number of ether oxygens (including phenoxy) is 2. The molecule has 1 saturated heterocycles. The maximum atomic E-state index is 14.6. The number of nitrogens with one attached hydrogen (secondary N) is 1. The average molecular weight is 514 g/mol. The number of alkyl halides is 3. The van der Waals surface area contributed by atoms with Crippen molar-refractivity contribution >= 4 is 12.0 Å². The number of carbonyl (C=O) groups is 2. The number of aryl methyl sites for hydroxylation is 1. The molecule has 1 N–H and O–H groups in total. The van der Waals surface area contributed by atoms with E-state index in [1.165, 1.54) is 17.9 Å². The highest BCUT2D eigenvalue weighted by Crippen LogP contribution is 2.35. The molecule has 1 aliphatic heterocycles. The van der Waals surface area contributed by atoms with Crippen LogP contribution in [0, 0.1) is 18.6 Å². The molecular formula is C25H27F5N2O4. The molecule has 0 aliphatic carbocycles. The molecule has 0 saturated carbocycles. The number of carbonyl (C=O) groups excluding carboxylic acids is 2. The zero-order valence-electron chi connectivity index (χ0n) is 20.3. The van der Waals surface area contributed by atoms with E-state index in [4.69, 9.17) is 9.47 Å². The van der Waals surface area contributed by atoms with Crippen LogP contribution in [-0.2, 0) is 22.3 Å². The second kappa shape index (κ2) is 10.3. The third-order valence-electron chi connectivity index (χ3n) is 5.34. The van der Waals surface area contributed by atoms with Gasteiger partial charge in [-0.2, -0.15) is 13.2 Å². The molecule has 6 nitrogen and oxygen atoms in total. The smallest absolute Gasteiger partial charge is 0.416 e. The van der Waals surface area contributed by atoms with Gasteiger partial charge >= 0.3 is 12.3 Å². The lowest BCUT2D eigenvalue weighted by molar-refractivity contribution is -0.137. The van der Waals surface area contributed by atoms with Crippen LogP contribution in [-0.4, -0.2) is 35.1 Å². The van der Waals surface area contributed by atoms with E-state index in [0.29, 0.717) is 31.5 Å². The van der Waals surface area contributed by atoms with E-state index < -0.39 is 52.8 Å². The van der Waals surface area contributed by atoms with E-state index in [0.717, 1.165) is 12.1 Å². The van der Waals surface area contributed by atoms with Crippen LogP contribution in [0.25, 0.3) is 0 Å². The van der Waals surface area contributed by atoms with Gasteiger partial charge in [-0.1, -0.05) is 0 Å². The van der Waals surface area contributed by atoms with E-state index in [9.17, 15) is 31.5 Å². The highest BCUT2D eigenvalue weighted by atomic mass is 19.4. The SMILES string of the molecule is Cc1cc(Oc2cc(F)c(CNC(=O)[C@@H]3CCCN3C(=O)OC(C)(C)C)cc2F)cc(C(F)(F)F)c1. The summed E-state index contributed by atoms with van der Waals surface area (Å²) in [6.45, 7) is 6.48. The van der Waals surface area contributed by atoms with Crippen LogP contribution < -0.4 is 10.1 Å². The molecule has 0 unspecified atom stereocenters. The molecule has 0 spiro atoms. The van der Waals surface area contributed by atoms with Crippen LogP contribution in [0.3, 0.4) is 0 Å². The average Bonchev–Trinajstić information content (AvgIpc) is 3.23. The Hall–Kier alpha value is -3.37. The number of benzene rings is 2.